The van der Waals surface area contributed by atoms with Gasteiger partial charge in [-0.15, -0.1) is 24.0 Å². The zero-order chi connectivity index (χ0) is 15.9. The van der Waals surface area contributed by atoms with Gasteiger partial charge in [-0.2, -0.15) is 0 Å². The summed E-state index contributed by atoms with van der Waals surface area (Å²) in [6.45, 7) is 8.58. The second-order valence-electron chi connectivity index (χ2n) is 6.60. The van der Waals surface area contributed by atoms with Gasteiger partial charge in [-0.3, -0.25) is 4.99 Å². The van der Waals surface area contributed by atoms with Crippen LogP contribution in [0.3, 0.4) is 0 Å². The summed E-state index contributed by atoms with van der Waals surface area (Å²) < 4.78 is 0. The third kappa shape index (κ3) is 7.98. The molecule has 1 atom stereocenters. The lowest BCUT2D eigenvalue weighted by Crippen LogP contribution is -2.45. The van der Waals surface area contributed by atoms with Crippen LogP contribution in [0.15, 0.2) is 35.3 Å². The maximum atomic E-state index is 4.32. The zero-order valence-corrected chi connectivity index (χ0v) is 17.0. The molecule has 0 bridgehead atoms. The maximum absolute atomic E-state index is 4.32. The quantitative estimate of drug-likeness (QED) is 0.424. The predicted molar refractivity (Wildman–Crippen MR) is 107 cm³/mol. The molecule has 0 saturated heterocycles. The molecule has 0 aliphatic heterocycles. The van der Waals surface area contributed by atoms with Crippen molar-refractivity contribution in [2.75, 3.05) is 34.2 Å². The van der Waals surface area contributed by atoms with Crippen molar-refractivity contribution in [3.8, 4) is 0 Å². The number of hydrogen-bond donors (Lipinski definition) is 2. The van der Waals surface area contributed by atoms with Gasteiger partial charge in [-0.05, 0) is 32.0 Å². The molecule has 126 valence electrons. The van der Waals surface area contributed by atoms with Gasteiger partial charge in [0.2, 0.25) is 0 Å². The van der Waals surface area contributed by atoms with Gasteiger partial charge in [0.25, 0.3) is 0 Å². The lowest BCUT2D eigenvalue weighted by Gasteiger charge is -2.29. The number of rotatable bonds is 6. The molecule has 1 unspecified atom stereocenters. The minimum absolute atomic E-state index is 0. The van der Waals surface area contributed by atoms with E-state index in [1.165, 1.54) is 5.56 Å². The molecule has 0 radical (unpaired) electrons. The first-order valence-electron chi connectivity index (χ1n) is 7.51. The Morgan fingerprint density at radius 3 is 2.32 bits per heavy atom. The van der Waals surface area contributed by atoms with Crippen LogP contribution in [0.1, 0.15) is 32.4 Å². The van der Waals surface area contributed by atoms with Crippen LogP contribution in [0, 0.1) is 5.41 Å². The molecule has 0 fully saturated rings. The summed E-state index contributed by atoms with van der Waals surface area (Å²) in [6, 6.07) is 10.6. The fourth-order valence-electron chi connectivity index (χ4n) is 2.46. The molecule has 5 heteroatoms. The predicted octanol–water partition coefficient (Wildman–Crippen LogP) is 3.12. The Labute approximate surface area is 152 Å². The first kappa shape index (κ1) is 21.2. The van der Waals surface area contributed by atoms with Crippen molar-refractivity contribution in [1.29, 1.82) is 0 Å². The number of nitrogens with one attached hydrogen (secondary N) is 2. The van der Waals surface area contributed by atoms with Crippen LogP contribution < -0.4 is 10.6 Å². The van der Waals surface area contributed by atoms with Gasteiger partial charge < -0.3 is 15.5 Å². The van der Waals surface area contributed by atoms with Gasteiger partial charge in [0.1, 0.15) is 0 Å². The Morgan fingerprint density at radius 2 is 1.82 bits per heavy atom. The molecule has 0 aliphatic rings. The van der Waals surface area contributed by atoms with Gasteiger partial charge in [-0.1, -0.05) is 44.2 Å². The third-order valence-corrected chi connectivity index (χ3v) is 3.36. The van der Waals surface area contributed by atoms with Crippen molar-refractivity contribution in [1.82, 2.24) is 15.5 Å². The lowest BCUT2D eigenvalue weighted by atomic mass is 9.93. The van der Waals surface area contributed by atoms with Gasteiger partial charge in [-0.25, -0.2) is 0 Å². The molecular weight excluding hydrogens is 387 g/mol. The lowest BCUT2D eigenvalue weighted by molar-refractivity contribution is 0.241. The van der Waals surface area contributed by atoms with Gasteiger partial charge in [0, 0.05) is 20.1 Å². The van der Waals surface area contributed by atoms with E-state index < -0.39 is 0 Å². The summed E-state index contributed by atoms with van der Waals surface area (Å²) in [5.41, 5.74) is 1.45. The summed E-state index contributed by atoms with van der Waals surface area (Å²) in [7, 11) is 6.02. The summed E-state index contributed by atoms with van der Waals surface area (Å²) in [6.07, 6.45) is 0. The highest BCUT2D eigenvalue weighted by Crippen LogP contribution is 2.14. The molecule has 0 spiro atoms. The second-order valence-corrected chi connectivity index (χ2v) is 6.60. The van der Waals surface area contributed by atoms with Crippen molar-refractivity contribution < 1.29 is 0 Å². The molecule has 0 saturated carbocycles. The van der Waals surface area contributed by atoms with Crippen LogP contribution in [0.2, 0.25) is 0 Å². The highest BCUT2D eigenvalue weighted by Gasteiger charge is 2.19. The molecule has 1 rings (SSSR count). The maximum Gasteiger partial charge on any atom is 0.191 e. The van der Waals surface area contributed by atoms with Gasteiger partial charge >= 0.3 is 0 Å². The number of aliphatic imine (C=N–C) groups is 1. The highest BCUT2D eigenvalue weighted by atomic mass is 127. The van der Waals surface area contributed by atoms with Crippen molar-refractivity contribution in [3.05, 3.63) is 35.9 Å². The van der Waals surface area contributed by atoms with E-state index in [2.05, 4.69) is 79.7 Å². The number of halogens is 1. The number of nitrogens with zero attached hydrogens (tertiary/aromatic N) is 2. The second kappa shape index (κ2) is 10.0. The fraction of sp³-hybridized carbons (Fsp3) is 0.588. The molecule has 1 aromatic carbocycles. The molecule has 2 N–H and O–H groups in total. The van der Waals surface area contributed by atoms with E-state index in [0.29, 0.717) is 0 Å². The summed E-state index contributed by atoms with van der Waals surface area (Å²) in [4.78, 5) is 6.53. The van der Waals surface area contributed by atoms with Crippen molar-refractivity contribution in [2.45, 2.75) is 26.8 Å². The molecule has 22 heavy (non-hydrogen) atoms. The number of hydrogen-bond acceptors (Lipinski definition) is 2. The van der Waals surface area contributed by atoms with Crippen LogP contribution in [0.4, 0.5) is 0 Å². The van der Waals surface area contributed by atoms with Crippen LogP contribution in [-0.4, -0.2) is 45.1 Å². The van der Waals surface area contributed by atoms with E-state index in [4.69, 9.17) is 0 Å². The van der Waals surface area contributed by atoms with E-state index in [1.807, 2.05) is 13.1 Å². The van der Waals surface area contributed by atoms with Crippen molar-refractivity contribution in [3.63, 3.8) is 0 Å². The topological polar surface area (TPSA) is 39.7 Å². The normalized spacial score (nSPS) is 13.5. The minimum Gasteiger partial charge on any atom is -0.356 e. The van der Waals surface area contributed by atoms with Crippen LogP contribution in [0.25, 0.3) is 0 Å². The van der Waals surface area contributed by atoms with Crippen LogP contribution in [-0.2, 0) is 0 Å². The molecule has 0 heterocycles. The first-order valence-corrected chi connectivity index (χ1v) is 7.51. The van der Waals surface area contributed by atoms with Crippen LogP contribution >= 0.6 is 24.0 Å². The summed E-state index contributed by atoms with van der Waals surface area (Å²) in [5.74, 6) is 0.846. The van der Waals surface area contributed by atoms with E-state index in [-0.39, 0.29) is 35.4 Å². The van der Waals surface area contributed by atoms with Gasteiger partial charge in [0.05, 0.1) is 6.04 Å². The molecule has 0 aromatic heterocycles. The third-order valence-electron chi connectivity index (χ3n) is 3.36. The number of benzene rings is 1. The van der Waals surface area contributed by atoms with Crippen molar-refractivity contribution in [2.24, 2.45) is 10.4 Å². The summed E-state index contributed by atoms with van der Waals surface area (Å²) >= 11 is 0. The largest absolute Gasteiger partial charge is 0.356 e. The molecule has 0 amide bonds. The average molecular weight is 418 g/mol. The van der Waals surface area contributed by atoms with E-state index in [9.17, 15) is 0 Å². The average Bonchev–Trinajstić information content (AvgIpc) is 2.42. The monoisotopic (exact) mass is 418 g/mol. The first-order chi connectivity index (χ1) is 9.84. The molecule has 0 aliphatic carbocycles. The Kier molecular flexibility index (Phi) is 9.67. The molecular formula is C17H31IN4. The Bertz CT molecular complexity index is 443. The zero-order valence-electron chi connectivity index (χ0n) is 14.7. The minimum atomic E-state index is 0. The Hall–Kier alpha value is -0.820. The van der Waals surface area contributed by atoms with E-state index >= 15 is 0 Å². The highest BCUT2D eigenvalue weighted by molar-refractivity contribution is 14.0. The SMILES string of the molecule is CN=C(NCC(C)(C)CN(C)C)NC(C)c1ccccc1.I. The van der Waals surface area contributed by atoms with Crippen LogP contribution in [0.5, 0.6) is 0 Å². The Morgan fingerprint density at radius 1 is 1.23 bits per heavy atom. The van der Waals surface area contributed by atoms with E-state index in [1.54, 1.807) is 0 Å². The molecule has 1 aromatic rings. The van der Waals surface area contributed by atoms with Gasteiger partial charge in [0.15, 0.2) is 5.96 Å². The standard InChI is InChI=1S/C17H30N4.HI/c1-14(15-10-8-7-9-11-15)20-16(18-4)19-12-17(2,3)13-21(5)6;/h7-11,14H,12-13H2,1-6H3,(H2,18,19,20);1H. The van der Waals surface area contributed by atoms with Crippen molar-refractivity contribution >= 4 is 29.9 Å². The Balaban J connectivity index is 0.00000441. The number of guanidine groups is 1. The summed E-state index contributed by atoms with van der Waals surface area (Å²) in [5, 5.41) is 6.86. The molecule has 4 nitrogen and oxygen atoms in total. The smallest absolute Gasteiger partial charge is 0.191 e. The van der Waals surface area contributed by atoms with E-state index in [0.717, 1.165) is 19.0 Å². The fourth-order valence-corrected chi connectivity index (χ4v) is 2.46.